The molecule has 0 unspecified atom stereocenters. The third kappa shape index (κ3) is 4.67. The molecule has 0 aliphatic heterocycles. The quantitative estimate of drug-likeness (QED) is 0.472. The third-order valence-corrected chi connectivity index (χ3v) is 4.19. The van der Waals surface area contributed by atoms with Crippen LogP contribution in [0.2, 0.25) is 0 Å². The monoisotopic (exact) mass is 338 g/mol. The highest BCUT2D eigenvalue weighted by atomic mass is 32.2. The Morgan fingerprint density at radius 2 is 1.92 bits per heavy atom. The van der Waals surface area contributed by atoms with E-state index in [0.717, 1.165) is 21.0 Å². The first kappa shape index (κ1) is 16.2. The molecule has 3 rings (SSSR count). The average molecular weight is 338 g/mol. The molecule has 0 aliphatic carbocycles. The maximum atomic E-state index is 13.1. The molecule has 1 heterocycles. The van der Waals surface area contributed by atoms with Crippen molar-refractivity contribution in [2.75, 3.05) is 0 Å². The van der Waals surface area contributed by atoms with Gasteiger partial charge < -0.3 is 4.84 Å². The zero-order valence-corrected chi connectivity index (χ0v) is 13.6. The summed E-state index contributed by atoms with van der Waals surface area (Å²) in [4.78, 5) is 10.7. The summed E-state index contributed by atoms with van der Waals surface area (Å²) in [5, 5.41) is 4.82. The van der Waals surface area contributed by atoms with Gasteiger partial charge in [0.25, 0.3) is 0 Å². The van der Waals surface area contributed by atoms with E-state index in [9.17, 15) is 4.39 Å². The predicted molar refractivity (Wildman–Crippen MR) is 93.6 cm³/mol. The normalized spacial score (nSPS) is 10.9. The summed E-state index contributed by atoms with van der Waals surface area (Å²) in [6, 6.07) is 20.0. The van der Waals surface area contributed by atoms with Gasteiger partial charge in [0.15, 0.2) is 0 Å². The van der Waals surface area contributed by atoms with Crippen molar-refractivity contribution in [1.82, 2.24) is 4.98 Å². The molecule has 0 radical (unpaired) electrons. The smallest absolute Gasteiger partial charge is 0.142 e. The van der Waals surface area contributed by atoms with Crippen LogP contribution in [0.4, 0.5) is 4.39 Å². The lowest BCUT2D eigenvalue weighted by atomic mass is 10.2. The van der Waals surface area contributed by atoms with Gasteiger partial charge in [-0.15, -0.1) is 0 Å². The first-order chi connectivity index (χ1) is 11.8. The topological polar surface area (TPSA) is 34.5 Å². The Morgan fingerprint density at radius 1 is 1.04 bits per heavy atom. The van der Waals surface area contributed by atoms with Crippen molar-refractivity contribution in [2.24, 2.45) is 5.16 Å². The highest BCUT2D eigenvalue weighted by Gasteiger charge is 2.03. The molecule has 24 heavy (non-hydrogen) atoms. The first-order valence-electron chi connectivity index (χ1n) is 7.39. The Balaban J connectivity index is 1.64. The summed E-state index contributed by atoms with van der Waals surface area (Å²) in [6.45, 7) is 0.218. The summed E-state index contributed by atoms with van der Waals surface area (Å²) in [5.41, 5.74) is 1.60. The molecule has 0 amide bonds. The molecule has 0 fully saturated rings. The molecule has 0 saturated heterocycles. The lowest BCUT2D eigenvalue weighted by Gasteiger charge is -2.04. The van der Waals surface area contributed by atoms with Crippen LogP contribution in [-0.2, 0) is 11.4 Å². The van der Waals surface area contributed by atoms with Gasteiger partial charge in [-0.05, 0) is 42.0 Å². The molecule has 0 bridgehead atoms. The number of halogens is 1. The van der Waals surface area contributed by atoms with E-state index in [2.05, 4.69) is 10.1 Å². The molecule has 120 valence electrons. The van der Waals surface area contributed by atoms with Crippen LogP contribution in [0, 0.1) is 5.82 Å². The Hall–Kier alpha value is -2.66. The Morgan fingerprint density at radius 3 is 2.75 bits per heavy atom. The minimum Gasteiger partial charge on any atom is -0.391 e. The van der Waals surface area contributed by atoms with Gasteiger partial charge in [0, 0.05) is 16.7 Å². The second kappa shape index (κ2) is 8.26. The zero-order valence-electron chi connectivity index (χ0n) is 12.8. The molecule has 3 nitrogen and oxygen atoms in total. The van der Waals surface area contributed by atoms with Crippen molar-refractivity contribution in [1.29, 1.82) is 0 Å². The van der Waals surface area contributed by atoms with E-state index in [1.54, 1.807) is 36.3 Å². The minimum absolute atomic E-state index is 0.218. The lowest BCUT2D eigenvalue weighted by molar-refractivity contribution is 0.132. The molecule has 0 N–H and O–H groups in total. The second-order valence-corrected chi connectivity index (χ2v) is 6.01. The number of rotatable bonds is 6. The molecular formula is C19H15FN2OS. The zero-order chi connectivity index (χ0) is 16.6. The Kier molecular flexibility index (Phi) is 5.58. The average Bonchev–Trinajstić information content (AvgIpc) is 2.61. The molecule has 0 saturated carbocycles. The molecule has 5 heteroatoms. The van der Waals surface area contributed by atoms with Crippen LogP contribution in [0.1, 0.15) is 11.1 Å². The maximum Gasteiger partial charge on any atom is 0.142 e. The van der Waals surface area contributed by atoms with Gasteiger partial charge in [0.2, 0.25) is 0 Å². The van der Waals surface area contributed by atoms with Crippen molar-refractivity contribution >= 4 is 18.0 Å². The highest BCUT2D eigenvalue weighted by Crippen LogP contribution is 2.27. The summed E-state index contributed by atoms with van der Waals surface area (Å²) in [5.74, 6) is -0.283. The van der Waals surface area contributed by atoms with Crippen molar-refractivity contribution in [3.05, 3.63) is 89.9 Å². The van der Waals surface area contributed by atoms with Crippen LogP contribution >= 0.6 is 11.8 Å². The van der Waals surface area contributed by atoms with E-state index < -0.39 is 0 Å². The second-order valence-electron chi connectivity index (χ2n) is 4.95. The number of benzene rings is 2. The molecular weight excluding hydrogens is 323 g/mol. The van der Waals surface area contributed by atoms with Crippen LogP contribution in [0.15, 0.2) is 88.0 Å². The number of aromatic nitrogens is 1. The van der Waals surface area contributed by atoms with Crippen LogP contribution in [0.25, 0.3) is 0 Å². The number of nitrogens with zero attached hydrogens (tertiary/aromatic N) is 2. The van der Waals surface area contributed by atoms with Crippen molar-refractivity contribution in [3.63, 3.8) is 0 Å². The van der Waals surface area contributed by atoms with Gasteiger partial charge in [0.1, 0.15) is 17.5 Å². The fourth-order valence-electron chi connectivity index (χ4n) is 2.02. The van der Waals surface area contributed by atoms with Crippen molar-refractivity contribution < 1.29 is 9.23 Å². The van der Waals surface area contributed by atoms with Crippen LogP contribution < -0.4 is 0 Å². The van der Waals surface area contributed by atoms with E-state index in [0.29, 0.717) is 0 Å². The largest absolute Gasteiger partial charge is 0.391 e. The Labute approximate surface area is 144 Å². The molecule has 3 aromatic rings. The van der Waals surface area contributed by atoms with E-state index >= 15 is 0 Å². The predicted octanol–water partition coefficient (Wildman–Crippen LogP) is 4.92. The highest BCUT2D eigenvalue weighted by molar-refractivity contribution is 7.99. The summed E-state index contributed by atoms with van der Waals surface area (Å²) in [7, 11) is 0. The number of pyridine rings is 1. The SMILES string of the molecule is Fc1cccc(CO/N=C\c2cccnc2Sc2ccccc2)c1. The number of oxime groups is 1. The number of hydrogen-bond donors (Lipinski definition) is 0. The summed E-state index contributed by atoms with van der Waals surface area (Å²) in [6.07, 6.45) is 3.37. The first-order valence-corrected chi connectivity index (χ1v) is 8.20. The molecule has 0 atom stereocenters. The van der Waals surface area contributed by atoms with Crippen LogP contribution in [0.3, 0.4) is 0 Å². The fourth-order valence-corrected chi connectivity index (χ4v) is 2.89. The van der Waals surface area contributed by atoms with Gasteiger partial charge in [-0.3, -0.25) is 0 Å². The van der Waals surface area contributed by atoms with Crippen LogP contribution in [0.5, 0.6) is 0 Å². The number of hydrogen-bond acceptors (Lipinski definition) is 4. The van der Waals surface area contributed by atoms with Crippen molar-refractivity contribution in [3.8, 4) is 0 Å². The Bertz CT molecular complexity index is 824. The maximum absolute atomic E-state index is 13.1. The van der Waals surface area contributed by atoms with Gasteiger partial charge in [-0.2, -0.15) is 0 Å². The van der Waals surface area contributed by atoms with Gasteiger partial charge in [-0.1, -0.05) is 47.2 Å². The summed E-state index contributed by atoms with van der Waals surface area (Å²) >= 11 is 1.56. The van der Waals surface area contributed by atoms with E-state index in [1.807, 2.05) is 42.5 Å². The van der Waals surface area contributed by atoms with Crippen molar-refractivity contribution in [2.45, 2.75) is 16.5 Å². The van der Waals surface area contributed by atoms with Crippen LogP contribution in [-0.4, -0.2) is 11.2 Å². The van der Waals surface area contributed by atoms with E-state index in [-0.39, 0.29) is 12.4 Å². The molecule has 0 spiro atoms. The summed E-state index contributed by atoms with van der Waals surface area (Å²) < 4.78 is 13.1. The minimum atomic E-state index is -0.283. The lowest BCUT2D eigenvalue weighted by Crippen LogP contribution is -1.92. The molecule has 2 aromatic carbocycles. The standard InChI is InChI=1S/C19H15FN2OS/c20-17-8-4-6-15(12-17)14-23-22-13-16-7-5-11-21-19(16)24-18-9-2-1-3-10-18/h1-13H,14H2/b22-13-. The molecule has 0 aliphatic rings. The third-order valence-electron chi connectivity index (χ3n) is 3.14. The molecule has 1 aromatic heterocycles. The van der Waals surface area contributed by atoms with E-state index in [4.69, 9.17) is 4.84 Å². The van der Waals surface area contributed by atoms with E-state index in [1.165, 1.54) is 12.1 Å². The van der Waals surface area contributed by atoms with Gasteiger partial charge in [-0.25, -0.2) is 9.37 Å². The van der Waals surface area contributed by atoms with Gasteiger partial charge >= 0.3 is 0 Å². The fraction of sp³-hybridized carbons (Fsp3) is 0.0526. The van der Waals surface area contributed by atoms with Gasteiger partial charge in [0.05, 0.1) is 6.21 Å².